The predicted octanol–water partition coefficient (Wildman–Crippen LogP) is 2.56. The van der Waals surface area contributed by atoms with E-state index in [0.29, 0.717) is 11.6 Å². The number of nitrogens with one attached hydrogen (secondary N) is 2. The van der Waals surface area contributed by atoms with Crippen molar-refractivity contribution in [3.05, 3.63) is 10.6 Å². The average Bonchev–Trinajstić information content (AvgIpc) is 3.13. The fraction of sp³-hybridized carbons (Fsp3) is 0.815. The van der Waals surface area contributed by atoms with Crippen LogP contribution in [0.15, 0.2) is 0 Å². The number of hydrogen-bond donors (Lipinski definition) is 3. The normalized spacial score (nSPS) is 32.5. The third-order valence-corrected chi connectivity index (χ3v) is 9.81. The van der Waals surface area contributed by atoms with E-state index in [1.165, 1.54) is 9.78 Å². The highest BCUT2D eigenvalue weighted by Crippen LogP contribution is 2.57. The lowest BCUT2D eigenvalue weighted by atomic mass is 9.53. The van der Waals surface area contributed by atoms with Gasteiger partial charge in [-0.15, -0.1) is 11.3 Å². The summed E-state index contributed by atoms with van der Waals surface area (Å²) >= 11 is 1.59. The van der Waals surface area contributed by atoms with Crippen LogP contribution in [-0.4, -0.2) is 66.1 Å². The quantitative estimate of drug-likeness (QED) is 0.587. The number of aromatic nitrogens is 1. The van der Waals surface area contributed by atoms with Crippen LogP contribution in [0.1, 0.15) is 77.3 Å². The molecule has 0 bridgehead atoms. The maximum absolute atomic E-state index is 13.3. The molecule has 2 heterocycles. The van der Waals surface area contributed by atoms with Gasteiger partial charge in [0.2, 0.25) is 11.8 Å². The van der Waals surface area contributed by atoms with Gasteiger partial charge in [0, 0.05) is 23.1 Å². The van der Waals surface area contributed by atoms with Crippen LogP contribution in [0.2, 0.25) is 0 Å². The average molecular weight is 506 g/mol. The number of rotatable bonds is 4. The van der Waals surface area contributed by atoms with Crippen LogP contribution in [0.25, 0.3) is 0 Å². The molecule has 6 atom stereocenters. The van der Waals surface area contributed by atoms with Gasteiger partial charge in [0.1, 0.15) is 0 Å². The molecule has 2 fully saturated rings. The highest BCUT2D eigenvalue weighted by atomic mass is 32.1. The fourth-order valence-corrected chi connectivity index (χ4v) is 8.11. The van der Waals surface area contributed by atoms with Crippen LogP contribution in [0.3, 0.4) is 0 Å². The number of aliphatic hydroxyl groups is 1. The first kappa shape index (κ1) is 26.6. The summed E-state index contributed by atoms with van der Waals surface area (Å²) in [7, 11) is 2.18. The lowest BCUT2D eigenvalue weighted by Gasteiger charge is -2.53. The Labute approximate surface area is 214 Å². The lowest BCUT2D eigenvalue weighted by Crippen LogP contribution is -3.12. The summed E-state index contributed by atoms with van der Waals surface area (Å²) < 4.78 is 0. The molecular weight excluding hydrogens is 460 g/mol. The van der Waals surface area contributed by atoms with Gasteiger partial charge in [0.05, 0.1) is 45.0 Å². The van der Waals surface area contributed by atoms with E-state index in [1.54, 1.807) is 11.3 Å². The molecule has 35 heavy (non-hydrogen) atoms. The third kappa shape index (κ3) is 5.44. The van der Waals surface area contributed by atoms with E-state index in [1.807, 2.05) is 11.8 Å². The van der Waals surface area contributed by atoms with E-state index in [4.69, 9.17) is 4.98 Å². The molecule has 196 valence electrons. The summed E-state index contributed by atoms with van der Waals surface area (Å²) in [6, 6.07) is 0. The van der Waals surface area contributed by atoms with E-state index in [-0.39, 0.29) is 46.3 Å². The molecule has 1 aromatic rings. The number of thiazole rings is 1. The molecule has 1 saturated heterocycles. The molecule has 1 saturated carbocycles. The lowest BCUT2D eigenvalue weighted by molar-refractivity contribution is -0.883. The highest BCUT2D eigenvalue weighted by Gasteiger charge is 2.54. The number of aliphatic hydroxyl groups excluding tert-OH is 1. The summed E-state index contributed by atoms with van der Waals surface area (Å²) in [6.07, 6.45) is 2.66. The zero-order valence-corrected chi connectivity index (χ0v) is 23.4. The van der Waals surface area contributed by atoms with E-state index < -0.39 is 6.10 Å². The Balaban J connectivity index is 1.49. The van der Waals surface area contributed by atoms with Crippen molar-refractivity contribution in [3.63, 3.8) is 0 Å². The minimum Gasteiger partial charge on any atom is -0.392 e. The second-order valence-electron chi connectivity index (χ2n) is 13.0. The predicted molar refractivity (Wildman–Crippen MR) is 140 cm³/mol. The first-order valence-corrected chi connectivity index (χ1v) is 14.2. The van der Waals surface area contributed by atoms with Crippen LogP contribution in [-0.2, 0) is 16.0 Å². The maximum Gasteiger partial charge on any atom is 0.226 e. The fourth-order valence-electron chi connectivity index (χ4n) is 6.83. The topological polar surface area (TPSA) is 87.0 Å². The molecule has 2 aliphatic carbocycles. The minimum atomic E-state index is -0.533. The number of hydrogen-bond acceptors (Lipinski definition) is 5. The van der Waals surface area contributed by atoms with Crippen molar-refractivity contribution >= 4 is 28.3 Å². The van der Waals surface area contributed by atoms with E-state index in [9.17, 15) is 14.7 Å². The zero-order chi connectivity index (χ0) is 25.7. The third-order valence-electron chi connectivity index (χ3n) is 8.82. The zero-order valence-electron chi connectivity index (χ0n) is 22.6. The number of piperazine rings is 1. The van der Waals surface area contributed by atoms with Gasteiger partial charge < -0.3 is 20.2 Å². The molecule has 0 spiro atoms. The van der Waals surface area contributed by atoms with E-state index in [0.717, 1.165) is 51.1 Å². The second kappa shape index (κ2) is 9.75. The smallest absolute Gasteiger partial charge is 0.226 e. The summed E-state index contributed by atoms with van der Waals surface area (Å²) in [5, 5.41) is 15.4. The van der Waals surface area contributed by atoms with E-state index >= 15 is 0 Å². The largest absolute Gasteiger partial charge is 0.392 e. The number of fused-ring (bicyclic) bond motifs is 2. The summed E-state index contributed by atoms with van der Waals surface area (Å²) in [4.78, 5) is 35.4. The van der Waals surface area contributed by atoms with Gasteiger partial charge >= 0.3 is 0 Å². The molecule has 0 aromatic carbocycles. The number of amides is 2. The van der Waals surface area contributed by atoms with Crippen LogP contribution in [0, 0.1) is 28.6 Å². The van der Waals surface area contributed by atoms with Gasteiger partial charge in [-0.1, -0.05) is 41.5 Å². The molecule has 0 radical (unpaired) electrons. The number of carbonyl (C=O) groups is 2. The molecule has 4 rings (SSSR count). The Morgan fingerprint density at radius 3 is 2.60 bits per heavy atom. The minimum absolute atomic E-state index is 0.00202. The van der Waals surface area contributed by atoms with Crippen LogP contribution in [0.5, 0.6) is 0 Å². The summed E-state index contributed by atoms with van der Waals surface area (Å²) in [6.45, 7) is 16.3. The number of carbonyl (C=O) groups excluding carboxylic acids is 2. The van der Waals surface area contributed by atoms with Crippen molar-refractivity contribution in [2.75, 3.05) is 38.5 Å². The van der Waals surface area contributed by atoms with Crippen molar-refractivity contribution in [3.8, 4) is 0 Å². The number of quaternary nitrogens is 1. The van der Waals surface area contributed by atoms with Crippen LogP contribution < -0.4 is 10.2 Å². The molecule has 7 nitrogen and oxygen atoms in total. The van der Waals surface area contributed by atoms with Gasteiger partial charge in [-0.3, -0.25) is 9.59 Å². The first-order valence-electron chi connectivity index (χ1n) is 13.4. The molecule has 1 aromatic heterocycles. The van der Waals surface area contributed by atoms with Crippen molar-refractivity contribution < 1.29 is 19.6 Å². The van der Waals surface area contributed by atoms with Crippen LogP contribution in [0.4, 0.5) is 5.13 Å². The van der Waals surface area contributed by atoms with Crippen molar-refractivity contribution in [1.29, 1.82) is 0 Å². The van der Waals surface area contributed by atoms with E-state index in [2.05, 4.69) is 47.0 Å². The maximum atomic E-state index is 13.3. The Morgan fingerprint density at radius 2 is 1.97 bits per heavy atom. The highest BCUT2D eigenvalue weighted by molar-refractivity contribution is 7.15. The molecule has 3 N–H and O–H groups in total. The SMILES string of the molecule is C[C@H](C(=O)N1CC[NH+](C)CC1)[C@H]1CC[C@]2(C)Cc3sc(NC(=O)CC(C)(C)C)nc3[C@@H](C)[C@@H]2[C@H]1O. The Morgan fingerprint density at radius 1 is 1.31 bits per heavy atom. The molecule has 1 aliphatic heterocycles. The Kier molecular flexibility index (Phi) is 7.39. The number of anilines is 1. The monoisotopic (exact) mass is 505 g/mol. The van der Waals surface area contributed by atoms with Gasteiger partial charge in [-0.25, -0.2) is 4.98 Å². The van der Waals surface area contributed by atoms with Gasteiger partial charge in [-0.05, 0) is 41.9 Å². The Hall–Kier alpha value is -1.51. The number of nitrogens with zero attached hydrogens (tertiary/aromatic N) is 2. The number of likely N-dealkylation sites (N-methyl/N-ethyl adjacent to an activating group) is 1. The molecule has 3 aliphatic rings. The van der Waals surface area contributed by atoms with Crippen molar-refractivity contribution in [1.82, 2.24) is 9.88 Å². The Bertz CT molecular complexity index is 949. The van der Waals surface area contributed by atoms with Gasteiger partial charge in [-0.2, -0.15) is 0 Å². The second-order valence-corrected chi connectivity index (χ2v) is 14.1. The standard InChI is InChI=1S/C27H44N4O3S/c1-16(24(34)31-12-10-30(7)11-13-31)18-8-9-27(6)14-19-22(17(2)21(27)23(18)33)29-25(35-19)28-20(32)15-26(3,4)5/h16-18,21,23,33H,8-15H2,1-7H3,(H,28,29,32)/p+1/t16-,17-,18+,21+,23-,27+/m0/s1. The van der Waals surface area contributed by atoms with Crippen LogP contribution >= 0.6 is 11.3 Å². The van der Waals surface area contributed by atoms with Crippen molar-refractivity contribution in [2.45, 2.75) is 79.2 Å². The van der Waals surface area contributed by atoms with Gasteiger partial charge in [0.25, 0.3) is 0 Å². The van der Waals surface area contributed by atoms with Crippen molar-refractivity contribution in [2.24, 2.45) is 28.6 Å². The molecule has 2 amide bonds. The molecule has 8 heteroatoms. The summed E-state index contributed by atoms with van der Waals surface area (Å²) in [5.41, 5.74) is 0.917. The van der Waals surface area contributed by atoms with Gasteiger partial charge in [0.15, 0.2) is 5.13 Å². The molecule has 0 unspecified atom stereocenters. The summed E-state index contributed by atoms with van der Waals surface area (Å²) in [5.74, 6) is 0.136. The molecular formula is C27H45N4O3S+. The first-order chi connectivity index (χ1) is 16.3.